The highest BCUT2D eigenvalue weighted by Crippen LogP contribution is 2.20. The van der Waals surface area contributed by atoms with E-state index in [0.717, 1.165) is 11.3 Å². The van der Waals surface area contributed by atoms with Crippen LogP contribution < -0.4 is 11.1 Å². The number of nitrogens with zero attached hydrogens (tertiary/aromatic N) is 1. The van der Waals surface area contributed by atoms with Crippen LogP contribution in [0.5, 0.6) is 0 Å². The van der Waals surface area contributed by atoms with Crippen molar-refractivity contribution in [3.8, 4) is 0 Å². The van der Waals surface area contributed by atoms with Gasteiger partial charge in [0.1, 0.15) is 11.5 Å². The zero-order valence-electron chi connectivity index (χ0n) is 8.71. The number of hydrogen-bond donors (Lipinski definition) is 2. The lowest BCUT2D eigenvalue weighted by atomic mass is 10.2. The molecular weight excluding hydrogens is 267 g/mol. The highest BCUT2D eigenvalue weighted by atomic mass is 32.1. The topological polar surface area (TPSA) is 68.0 Å². The Balaban J connectivity index is 2.24. The maximum absolute atomic E-state index is 13.2. The molecule has 0 aliphatic rings. The summed E-state index contributed by atoms with van der Waals surface area (Å²) in [6.07, 6.45) is 0. The number of nitrogen functional groups attached to an aromatic ring is 1. The number of anilines is 2. The fraction of sp³-hybridized carbons (Fsp3) is 0. The van der Waals surface area contributed by atoms with Crippen LogP contribution in [0.4, 0.5) is 24.0 Å². The summed E-state index contributed by atoms with van der Waals surface area (Å²) < 4.78 is 38.8. The van der Waals surface area contributed by atoms with Crippen LogP contribution in [0.15, 0.2) is 17.5 Å². The molecule has 0 aliphatic carbocycles. The third kappa shape index (κ3) is 2.43. The van der Waals surface area contributed by atoms with Gasteiger partial charge in [-0.1, -0.05) is 0 Å². The molecule has 0 bridgehead atoms. The number of hydrogen-bond acceptors (Lipinski definition) is 4. The lowest BCUT2D eigenvalue weighted by molar-refractivity contribution is 0.102. The molecule has 1 aromatic carbocycles. The van der Waals surface area contributed by atoms with Crippen LogP contribution in [0.3, 0.4) is 0 Å². The minimum Gasteiger partial charge on any atom is -0.375 e. The van der Waals surface area contributed by atoms with Gasteiger partial charge in [-0.2, -0.15) is 0 Å². The van der Waals surface area contributed by atoms with Gasteiger partial charge in [0.05, 0.1) is 5.69 Å². The molecule has 94 valence electrons. The zero-order valence-corrected chi connectivity index (χ0v) is 9.52. The summed E-state index contributed by atoms with van der Waals surface area (Å²) in [6.45, 7) is 0. The number of halogens is 3. The molecule has 8 heteroatoms. The lowest BCUT2D eigenvalue weighted by Crippen LogP contribution is -2.14. The zero-order chi connectivity index (χ0) is 13.3. The number of carbonyl (C=O) groups excluding carboxylic acids is 1. The molecule has 2 rings (SSSR count). The molecular formula is C10H6F3N3OS. The molecule has 0 saturated carbocycles. The van der Waals surface area contributed by atoms with Gasteiger partial charge in [0.2, 0.25) is 0 Å². The summed E-state index contributed by atoms with van der Waals surface area (Å²) in [7, 11) is 0. The molecule has 18 heavy (non-hydrogen) atoms. The van der Waals surface area contributed by atoms with Crippen molar-refractivity contribution in [3.05, 3.63) is 40.7 Å². The van der Waals surface area contributed by atoms with Gasteiger partial charge in [-0.3, -0.25) is 4.79 Å². The van der Waals surface area contributed by atoms with E-state index in [1.54, 1.807) is 0 Å². The van der Waals surface area contributed by atoms with Crippen molar-refractivity contribution < 1.29 is 18.0 Å². The average molecular weight is 273 g/mol. The van der Waals surface area contributed by atoms with E-state index in [2.05, 4.69) is 10.3 Å². The van der Waals surface area contributed by atoms with Gasteiger partial charge < -0.3 is 11.1 Å². The largest absolute Gasteiger partial charge is 0.375 e. The van der Waals surface area contributed by atoms with Gasteiger partial charge in [0.15, 0.2) is 16.8 Å². The molecule has 0 radical (unpaired) electrons. The van der Waals surface area contributed by atoms with Gasteiger partial charge >= 0.3 is 0 Å². The number of thiazole rings is 1. The predicted molar refractivity (Wildman–Crippen MR) is 60.8 cm³/mol. The van der Waals surface area contributed by atoms with Crippen LogP contribution in [-0.4, -0.2) is 10.9 Å². The minimum absolute atomic E-state index is 0.0263. The molecule has 0 fully saturated rings. The number of nitrogens with two attached hydrogens (primary N) is 1. The number of carbonyl (C=O) groups is 1. The van der Waals surface area contributed by atoms with Gasteiger partial charge in [-0.15, -0.1) is 11.3 Å². The molecule has 0 atom stereocenters. The van der Waals surface area contributed by atoms with Crippen molar-refractivity contribution in [2.45, 2.75) is 0 Å². The predicted octanol–water partition coefficient (Wildman–Crippen LogP) is 2.39. The lowest BCUT2D eigenvalue weighted by Gasteiger charge is -2.05. The highest BCUT2D eigenvalue weighted by molar-refractivity contribution is 7.13. The Morgan fingerprint density at radius 3 is 2.50 bits per heavy atom. The van der Waals surface area contributed by atoms with E-state index in [9.17, 15) is 18.0 Å². The maximum atomic E-state index is 13.2. The Bertz CT molecular complexity index is 614. The van der Waals surface area contributed by atoms with E-state index in [4.69, 9.17) is 5.73 Å². The average Bonchev–Trinajstić information content (AvgIpc) is 2.73. The maximum Gasteiger partial charge on any atom is 0.275 e. The Morgan fingerprint density at radius 2 is 1.89 bits per heavy atom. The molecule has 1 aromatic heterocycles. The summed E-state index contributed by atoms with van der Waals surface area (Å²) in [5.41, 5.74) is 4.83. The Morgan fingerprint density at radius 1 is 1.22 bits per heavy atom. The molecule has 0 unspecified atom stereocenters. The monoisotopic (exact) mass is 273 g/mol. The Hall–Kier alpha value is -2.09. The Kier molecular flexibility index (Phi) is 3.19. The van der Waals surface area contributed by atoms with Crippen LogP contribution in [-0.2, 0) is 0 Å². The third-order valence-electron chi connectivity index (χ3n) is 2.01. The summed E-state index contributed by atoms with van der Waals surface area (Å²) in [6, 6.07) is 0.901. The van der Waals surface area contributed by atoms with Gasteiger partial charge in [0, 0.05) is 17.5 Å². The summed E-state index contributed by atoms with van der Waals surface area (Å²) in [5.74, 6) is -4.42. The Labute approximate surface area is 103 Å². The first-order valence-corrected chi connectivity index (χ1v) is 5.52. The van der Waals surface area contributed by atoms with E-state index in [1.807, 2.05) is 0 Å². The van der Waals surface area contributed by atoms with Crippen LogP contribution in [0.2, 0.25) is 0 Å². The van der Waals surface area contributed by atoms with Crippen LogP contribution in [0.25, 0.3) is 0 Å². The number of amides is 1. The summed E-state index contributed by atoms with van der Waals surface area (Å²) in [4.78, 5) is 15.2. The molecule has 1 heterocycles. The molecule has 0 aliphatic heterocycles. The van der Waals surface area contributed by atoms with Crippen molar-refractivity contribution in [1.29, 1.82) is 0 Å². The van der Waals surface area contributed by atoms with E-state index >= 15 is 0 Å². The van der Waals surface area contributed by atoms with E-state index in [0.29, 0.717) is 12.1 Å². The van der Waals surface area contributed by atoms with Crippen molar-refractivity contribution in [2.24, 2.45) is 0 Å². The highest BCUT2D eigenvalue weighted by Gasteiger charge is 2.15. The van der Waals surface area contributed by atoms with Crippen molar-refractivity contribution in [1.82, 2.24) is 4.98 Å². The first kappa shape index (κ1) is 12.4. The van der Waals surface area contributed by atoms with E-state index in [1.165, 1.54) is 5.38 Å². The SMILES string of the molecule is Nc1nc(C(=O)Nc2cc(F)c(F)cc2F)cs1. The molecule has 3 N–H and O–H groups in total. The quantitative estimate of drug-likeness (QED) is 0.825. The third-order valence-corrected chi connectivity index (χ3v) is 2.69. The number of benzene rings is 1. The second kappa shape index (κ2) is 4.65. The van der Waals surface area contributed by atoms with Crippen LogP contribution in [0, 0.1) is 17.5 Å². The van der Waals surface area contributed by atoms with Gasteiger partial charge in [-0.25, -0.2) is 18.2 Å². The number of nitrogens with one attached hydrogen (secondary N) is 1. The normalized spacial score (nSPS) is 10.4. The summed E-state index contributed by atoms with van der Waals surface area (Å²) in [5, 5.41) is 3.61. The fourth-order valence-corrected chi connectivity index (χ4v) is 1.74. The molecule has 0 spiro atoms. The second-order valence-corrected chi connectivity index (χ2v) is 4.16. The molecule has 4 nitrogen and oxygen atoms in total. The number of rotatable bonds is 2. The molecule has 0 saturated heterocycles. The first-order chi connectivity index (χ1) is 8.47. The smallest absolute Gasteiger partial charge is 0.275 e. The fourth-order valence-electron chi connectivity index (χ4n) is 1.20. The standard InChI is InChI=1S/C10H6F3N3OS/c11-4-1-6(13)7(2-5(4)12)15-9(17)8-3-18-10(14)16-8/h1-3H,(H2,14,16)(H,15,17). The first-order valence-electron chi connectivity index (χ1n) is 4.64. The number of aromatic nitrogens is 1. The molecule has 2 aromatic rings. The van der Waals surface area contributed by atoms with Crippen LogP contribution in [0.1, 0.15) is 10.5 Å². The van der Waals surface area contributed by atoms with Gasteiger partial charge in [0.25, 0.3) is 5.91 Å². The van der Waals surface area contributed by atoms with Crippen molar-refractivity contribution >= 4 is 28.1 Å². The minimum atomic E-state index is -1.33. The van der Waals surface area contributed by atoms with Gasteiger partial charge in [-0.05, 0) is 0 Å². The van der Waals surface area contributed by atoms with Crippen LogP contribution >= 0.6 is 11.3 Å². The summed E-state index contributed by atoms with van der Waals surface area (Å²) >= 11 is 1.03. The van der Waals surface area contributed by atoms with E-state index < -0.39 is 29.0 Å². The second-order valence-electron chi connectivity index (χ2n) is 3.27. The van der Waals surface area contributed by atoms with E-state index in [-0.39, 0.29) is 10.8 Å². The van der Waals surface area contributed by atoms with Crippen molar-refractivity contribution in [3.63, 3.8) is 0 Å². The molecule has 1 amide bonds. The van der Waals surface area contributed by atoms with Crippen molar-refractivity contribution in [2.75, 3.05) is 11.1 Å².